The average Bonchev–Trinajstić information content (AvgIpc) is 2.29. The normalized spacial score (nSPS) is 10.3. The molecule has 0 radical (unpaired) electrons. The first-order chi connectivity index (χ1) is 7.71. The van der Waals surface area contributed by atoms with Gasteiger partial charge in [0.05, 0.1) is 12.8 Å². The van der Waals surface area contributed by atoms with E-state index in [-0.39, 0.29) is 24.8 Å². The van der Waals surface area contributed by atoms with Crippen LogP contribution in [0.25, 0.3) is 0 Å². The zero-order chi connectivity index (χ0) is 12.0. The van der Waals surface area contributed by atoms with Gasteiger partial charge in [-0.3, -0.25) is 0 Å². The van der Waals surface area contributed by atoms with Crippen LogP contribution in [-0.4, -0.2) is 18.0 Å². The highest BCUT2D eigenvalue weighted by atomic mass is 35.5. The fraction of sp³-hybridized carbons (Fsp3) is 0.364. The summed E-state index contributed by atoms with van der Waals surface area (Å²) in [6.07, 6.45) is 0. The van der Waals surface area contributed by atoms with Gasteiger partial charge in [-0.2, -0.15) is 0 Å². The molecule has 4 nitrogen and oxygen atoms in total. The summed E-state index contributed by atoms with van der Waals surface area (Å²) < 4.78 is 5.14. The van der Waals surface area contributed by atoms with Crippen molar-refractivity contribution >= 4 is 47.4 Å². The van der Waals surface area contributed by atoms with E-state index in [9.17, 15) is 0 Å². The molecule has 0 saturated carbocycles. The molecular formula is C11H19Cl2N3OS. The lowest BCUT2D eigenvalue weighted by Gasteiger charge is -2.07. The summed E-state index contributed by atoms with van der Waals surface area (Å²) >= 11 is 1.50. The van der Waals surface area contributed by atoms with Crippen LogP contribution < -0.4 is 16.2 Å². The van der Waals surface area contributed by atoms with Gasteiger partial charge in [0.25, 0.3) is 0 Å². The number of methoxy groups -OCH3 is 1. The number of aliphatic imine (C=N–C) groups is 1. The molecule has 0 heterocycles. The lowest BCUT2D eigenvalue weighted by Crippen LogP contribution is -2.06. The van der Waals surface area contributed by atoms with Crippen LogP contribution in [0.2, 0.25) is 0 Å². The van der Waals surface area contributed by atoms with E-state index in [0.29, 0.717) is 11.7 Å². The predicted octanol–water partition coefficient (Wildman–Crippen LogP) is 2.70. The molecule has 1 aromatic rings. The van der Waals surface area contributed by atoms with Crippen molar-refractivity contribution in [2.24, 2.45) is 16.5 Å². The maximum Gasteiger partial charge on any atom is 0.159 e. The SMILES string of the molecule is CCSC(N)=Nc1cc(OC)ccc1CN.Cl.Cl. The molecular weight excluding hydrogens is 293 g/mol. The fourth-order valence-corrected chi connectivity index (χ4v) is 1.70. The summed E-state index contributed by atoms with van der Waals surface area (Å²) in [4.78, 5) is 4.33. The third kappa shape index (κ3) is 5.82. The van der Waals surface area contributed by atoms with E-state index in [1.165, 1.54) is 11.8 Å². The van der Waals surface area contributed by atoms with Gasteiger partial charge in [-0.15, -0.1) is 24.8 Å². The molecule has 0 bridgehead atoms. The summed E-state index contributed by atoms with van der Waals surface area (Å²) in [6, 6.07) is 5.61. The summed E-state index contributed by atoms with van der Waals surface area (Å²) in [5.74, 6) is 1.65. The van der Waals surface area contributed by atoms with Crippen LogP contribution in [0.4, 0.5) is 5.69 Å². The largest absolute Gasteiger partial charge is 0.497 e. The van der Waals surface area contributed by atoms with Crippen molar-refractivity contribution in [3.63, 3.8) is 0 Å². The van der Waals surface area contributed by atoms with Crippen LogP contribution in [0.3, 0.4) is 0 Å². The van der Waals surface area contributed by atoms with Crippen molar-refractivity contribution in [1.29, 1.82) is 0 Å². The second kappa shape index (κ2) is 10.3. The van der Waals surface area contributed by atoms with Gasteiger partial charge in [0.15, 0.2) is 5.17 Å². The minimum Gasteiger partial charge on any atom is -0.497 e. The summed E-state index contributed by atoms with van der Waals surface area (Å²) in [7, 11) is 1.62. The highest BCUT2D eigenvalue weighted by Crippen LogP contribution is 2.25. The molecule has 0 aromatic heterocycles. The Labute approximate surface area is 124 Å². The summed E-state index contributed by atoms with van der Waals surface area (Å²) in [5, 5.41) is 0.547. The van der Waals surface area contributed by atoms with E-state index in [2.05, 4.69) is 4.99 Å². The van der Waals surface area contributed by atoms with Crippen molar-refractivity contribution in [3.05, 3.63) is 23.8 Å². The first kappa shape index (κ1) is 19.7. The Balaban J connectivity index is 0. The third-order valence-electron chi connectivity index (χ3n) is 2.04. The van der Waals surface area contributed by atoms with Crippen LogP contribution >= 0.6 is 36.6 Å². The zero-order valence-electron chi connectivity index (χ0n) is 10.4. The van der Waals surface area contributed by atoms with Gasteiger partial charge in [0.2, 0.25) is 0 Å². The molecule has 0 atom stereocenters. The predicted molar refractivity (Wildman–Crippen MR) is 84.8 cm³/mol. The number of benzene rings is 1. The van der Waals surface area contributed by atoms with E-state index in [1.54, 1.807) is 7.11 Å². The number of hydrogen-bond donors (Lipinski definition) is 2. The lowest BCUT2D eigenvalue weighted by atomic mass is 10.2. The van der Waals surface area contributed by atoms with Crippen LogP contribution in [0, 0.1) is 0 Å². The topological polar surface area (TPSA) is 73.6 Å². The van der Waals surface area contributed by atoms with Gasteiger partial charge >= 0.3 is 0 Å². The van der Waals surface area contributed by atoms with Gasteiger partial charge in [0.1, 0.15) is 5.75 Å². The van der Waals surface area contributed by atoms with Gasteiger partial charge < -0.3 is 16.2 Å². The third-order valence-corrected chi connectivity index (χ3v) is 2.71. The number of amidine groups is 1. The Kier molecular flexibility index (Phi) is 11.3. The number of nitrogens with two attached hydrogens (primary N) is 2. The Morgan fingerprint density at radius 2 is 2.06 bits per heavy atom. The van der Waals surface area contributed by atoms with Gasteiger partial charge in [-0.25, -0.2) is 4.99 Å². The molecule has 4 N–H and O–H groups in total. The Morgan fingerprint density at radius 3 is 2.56 bits per heavy atom. The minimum absolute atomic E-state index is 0. The maximum absolute atomic E-state index is 5.76. The molecule has 18 heavy (non-hydrogen) atoms. The van der Waals surface area contributed by atoms with Crippen molar-refractivity contribution in [3.8, 4) is 5.75 Å². The molecule has 0 spiro atoms. The molecule has 0 fully saturated rings. The molecule has 1 aromatic carbocycles. The molecule has 104 valence electrons. The first-order valence-corrected chi connectivity index (χ1v) is 6.03. The van der Waals surface area contributed by atoms with Gasteiger partial charge in [0, 0.05) is 12.6 Å². The molecule has 0 aliphatic carbocycles. The number of ether oxygens (including phenoxy) is 1. The van der Waals surface area contributed by atoms with E-state index < -0.39 is 0 Å². The fourth-order valence-electron chi connectivity index (χ4n) is 1.25. The monoisotopic (exact) mass is 311 g/mol. The van der Waals surface area contributed by atoms with Crippen LogP contribution in [-0.2, 0) is 6.54 Å². The average molecular weight is 312 g/mol. The van der Waals surface area contributed by atoms with Gasteiger partial charge in [-0.1, -0.05) is 24.8 Å². The molecule has 0 aliphatic rings. The van der Waals surface area contributed by atoms with E-state index in [1.807, 2.05) is 25.1 Å². The highest BCUT2D eigenvalue weighted by molar-refractivity contribution is 8.13. The quantitative estimate of drug-likeness (QED) is 0.662. The van der Waals surface area contributed by atoms with E-state index >= 15 is 0 Å². The number of rotatable bonds is 4. The number of hydrogen-bond acceptors (Lipinski definition) is 4. The zero-order valence-corrected chi connectivity index (χ0v) is 12.8. The van der Waals surface area contributed by atoms with E-state index in [4.69, 9.17) is 16.2 Å². The van der Waals surface area contributed by atoms with Crippen molar-refractivity contribution in [2.75, 3.05) is 12.9 Å². The Hall–Kier alpha value is -0.620. The lowest BCUT2D eigenvalue weighted by molar-refractivity contribution is 0.415. The van der Waals surface area contributed by atoms with Crippen LogP contribution in [0.1, 0.15) is 12.5 Å². The van der Waals surface area contributed by atoms with E-state index in [0.717, 1.165) is 22.8 Å². The number of nitrogens with zero attached hydrogens (tertiary/aromatic N) is 1. The van der Waals surface area contributed by atoms with Crippen molar-refractivity contribution in [2.45, 2.75) is 13.5 Å². The molecule has 7 heteroatoms. The van der Waals surface area contributed by atoms with Crippen LogP contribution in [0.5, 0.6) is 5.75 Å². The maximum atomic E-state index is 5.76. The number of halogens is 2. The molecule has 0 unspecified atom stereocenters. The molecule has 0 saturated heterocycles. The number of thioether (sulfide) groups is 1. The summed E-state index contributed by atoms with van der Waals surface area (Å²) in [6.45, 7) is 2.47. The standard InChI is InChI=1S/C11H17N3OS.2ClH/c1-3-16-11(13)14-10-6-9(15-2)5-4-8(10)7-12;;/h4-6H,3,7,12H2,1-2H3,(H2,13,14);2*1H. The second-order valence-corrected chi connectivity index (χ2v) is 4.37. The molecule has 1 rings (SSSR count). The second-order valence-electron chi connectivity index (χ2n) is 3.08. The Morgan fingerprint density at radius 1 is 1.39 bits per heavy atom. The molecule has 0 amide bonds. The minimum atomic E-state index is 0. The van der Waals surface area contributed by atoms with Gasteiger partial charge in [-0.05, 0) is 17.4 Å². The highest BCUT2D eigenvalue weighted by Gasteiger charge is 2.03. The first-order valence-electron chi connectivity index (χ1n) is 5.05. The smallest absolute Gasteiger partial charge is 0.159 e. The van der Waals surface area contributed by atoms with Crippen LogP contribution in [0.15, 0.2) is 23.2 Å². The Bertz CT molecular complexity index is 389. The molecule has 0 aliphatic heterocycles. The van der Waals surface area contributed by atoms with Crippen molar-refractivity contribution < 1.29 is 4.74 Å². The summed E-state index contributed by atoms with van der Waals surface area (Å²) in [5.41, 5.74) is 13.1. The van der Waals surface area contributed by atoms with Crippen molar-refractivity contribution in [1.82, 2.24) is 0 Å².